The molecule has 4 heteroatoms. The molecular weight excluding hydrogens is 272 g/mol. The van der Waals surface area contributed by atoms with E-state index in [1.54, 1.807) is 6.07 Å². The van der Waals surface area contributed by atoms with Crippen molar-refractivity contribution < 1.29 is 4.79 Å². The molecule has 1 amide bonds. The van der Waals surface area contributed by atoms with Crippen molar-refractivity contribution in [3.63, 3.8) is 0 Å². The van der Waals surface area contributed by atoms with Crippen LogP contribution >= 0.6 is 11.6 Å². The number of rotatable bonds is 4. The summed E-state index contributed by atoms with van der Waals surface area (Å²) in [5.74, 6) is 0.0681. The SMILES string of the molecule is CCCc1cc(C(=O)N(C)C2CCCCC2)cc(Cl)n1. The maximum Gasteiger partial charge on any atom is 0.254 e. The van der Waals surface area contributed by atoms with Gasteiger partial charge in [-0.1, -0.05) is 44.2 Å². The van der Waals surface area contributed by atoms with Crippen molar-refractivity contribution in [1.82, 2.24) is 9.88 Å². The first-order valence-corrected chi connectivity index (χ1v) is 7.93. The van der Waals surface area contributed by atoms with Gasteiger partial charge in [-0.05, 0) is 31.4 Å². The first kappa shape index (κ1) is 15.3. The molecule has 0 aliphatic heterocycles. The minimum Gasteiger partial charge on any atom is -0.339 e. The molecule has 0 radical (unpaired) electrons. The lowest BCUT2D eigenvalue weighted by Crippen LogP contribution is -2.38. The van der Waals surface area contributed by atoms with Gasteiger partial charge in [0.2, 0.25) is 0 Å². The molecular formula is C16H23ClN2O. The number of carbonyl (C=O) groups excluding carboxylic acids is 1. The van der Waals surface area contributed by atoms with Gasteiger partial charge >= 0.3 is 0 Å². The molecule has 3 nitrogen and oxygen atoms in total. The van der Waals surface area contributed by atoms with Crippen LogP contribution in [0.5, 0.6) is 0 Å². The van der Waals surface area contributed by atoms with Crippen LogP contribution in [0.3, 0.4) is 0 Å². The molecule has 0 aromatic carbocycles. The monoisotopic (exact) mass is 294 g/mol. The fourth-order valence-corrected chi connectivity index (χ4v) is 3.12. The highest BCUT2D eigenvalue weighted by atomic mass is 35.5. The zero-order valence-electron chi connectivity index (χ0n) is 12.4. The number of aryl methyl sites for hydroxylation is 1. The Kier molecular flexibility index (Phi) is 5.41. The fraction of sp³-hybridized carbons (Fsp3) is 0.625. The van der Waals surface area contributed by atoms with Gasteiger partial charge in [-0.25, -0.2) is 4.98 Å². The van der Waals surface area contributed by atoms with Gasteiger partial charge in [0, 0.05) is 24.3 Å². The van der Waals surface area contributed by atoms with Gasteiger partial charge < -0.3 is 4.90 Å². The average molecular weight is 295 g/mol. The van der Waals surface area contributed by atoms with E-state index in [0.717, 1.165) is 31.4 Å². The molecule has 0 N–H and O–H groups in total. The molecule has 0 unspecified atom stereocenters. The minimum atomic E-state index is 0.0681. The summed E-state index contributed by atoms with van der Waals surface area (Å²) in [6.07, 6.45) is 7.82. The van der Waals surface area contributed by atoms with E-state index >= 15 is 0 Å². The number of carbonyl (C=O) groups is 1. The number of hydrogen-bond acceptors (Lipinski definition) is 2. The van der Waals surface area contributed by atoms with E-state index in [0.29, 0.717) is 16.8 Å². The number of hydrogen-bond donors (Lipinski definition) is 0. The summed E-state index contributed by atoms with van der Waals surface area (Å²) in [5.41, 5.74) is 1.57. The molecule has 110 valence electrons. The number of halogens is 1. The second kappa shape index (κ2) is 7.07. The zero-order chi connectivity index (χ0) is 14.5. The van der Waals surface area contributed by atoms with Gasteiger partial charge in [-0.2, -0.15) is 0 Å². The molecule has 1 aromatic rings. The summed E-state index contributed by atoms with van der Waals surface area (Å²) >= 11 is 6.04. The lowest BCUT2D eigenvalue weighted by atomic mass is 9.94. The maximum atomic E-state index is 12.6. The lowest BCUT2D eigenvalue weighted by molar-refractivity contribution is 0.0696. The van der Waals surface area contributed by atoms with Crippen molar-refractivity contribution in [1.29, 1.82) is 0 Å². The van der Waals surface area contributed by atoms with Crippen molar-refractivity contribution in [2.24, 2.45) is 0 Å². The minimum absolute atomic E-state index is 0.0681. The average Bonchev–Trinajstić information content (AvgIpc) is 2.46. The summed E-state index contributed by atoms with van der Waals surface area (Å²) in [6.45, 7) is 2.10. The third-order valence-electron chi connectivity index (χ3n) is 4.04. The Bertz CT molecular complexity index is 470. The van der Waals surface area contributed by atoms with Gasteiger partial charge in [0.25, 0.3) is 5.91 Å². The fourth-order valence-electron chi connectivity index (χ4n) is 2.90. The van der Waals surface area contributed by atoms with Gasteiger partial charge in [0.15, 0.2) is 0 Å². The van der Waals surface area contributed by atoms with Crippen molar-refractivity contribution in [2.45, 2.75) is 57.9 Å². The molecule has 1 saturated carbocycles. The normalized spacial score (nSPS) is 16.1. The van der Waals surface area contributed by atoms with E-state index < -0.39 is 0 Å². The van der Waals surface area contributed by atoms with E-state index in [1.165, 1.54) is 19.3 Å². The van der Waals surface area contributed by atoms with E-state index in [4.69, 9.17) is 11.6 Å². The van der Waals surface area contributed by atoms with Gasteiger partial charge in [-0.15, -0.1) is 0 Å². The van der Waals surface area contributed by atoms with Crippen LogP contribution < -0.4 is 0 Å². The Morgan fingerprint density at radius 1 is 1.35 bits per heavy atom. The Morgan fingerprint density at radius 2 is 2.05 bits per heavy atom. The molecule has 1 aliphatic rings. The first-order valence-electron chi connectivity index (χ1n) is 7.55. The summed E-state index contributed by atoms with van der Waals surface area (Å²) in [5, 5.41) is 0.413. The molecule has 0 bridgehead atoms. The van der Waals surface area contributed by atoms with Crippen molar-refractivity contribution in [3.05, 3.63) is 28.5 Å². The molecule has 0 spiro atoms. The Hall–Kier alpha value is -1.09. The second-order valence-corrected chi connectivity index (χ2v) is 6.02. The zero-order valence-corrected chi connectivity index (χ0v) is 13.1. The van der Waals surface area contributed by atoms with Crippen molar-refractivity contribution in [2.75, 3.05) is 7.05 Å². The third-order valence-corrected chi connectivity index (χ3v) is 4.24. The van der Waals surface area contributed by atoms with Crippen LogP contribution in [0.25, 0.3) is 0 Å². The van der Waals surface area contributed by atoms with Crippen LogP contribution in [0.15, 0.2) is 12.1 Å². The summed E-state index contributed by atoms with van der Waals surface area (Å²) in [6, 6.07) is 3.94. The lowest BCUT2D eigenvalue weighted by Gasteiger charge is -2.31. The van der Waals surface area contributed by atoms with Crippen molar-refractivity contribution >= 4 is 17.5 Å². The molecule has 0 saturated heterocycles. The quantitative estimate of drug-likeness (QED) is 0.784. The Labute approximate surface area is 126 Å². The predicted molar refractivity (Wildman–Crippen MR) is 82.2 cm³/mol. The number of nitrogens with zero attached hydrogens (tertiary/aromatic N) is 2. The molecule has 1 heterocycles. The molecule has 1 aromatic heterocycles. The summed E-state index contributed by atoms with van der Waals surface area (Å²) < 4.78 is 0. The van der Waals surface area contributed by atoms with E-state index in [-0.39, 0.29) is 5.91 Å². The Balaban J connectivity index is 2.14. The number of aromatic nitrogens is 1. The number of amides is 1. The first-order chi connectivity index (χ1) is 9.61. The predicted octanol–water partition coefficient (Wildman–Crippen LogP) is 4.09. The molecule has 0 atom stereocenters. The van der Waals surface area contributed by atoms with Crippen molar-refractivity contribution in [3.8, 4) is 0 Å². The largest absolute Gasteiger partial charge is 0.339 e. The van der Waals surface area contributed by atoms with Crippen LogP contribution in [0.1, 0.15) is 61.5 Å². The van der Waals surface area contributed by atoms with E-state index in [1.807, 2.05) is 18.0 Å². The summed E-state index contributed by atoms with van der Waals surface area (Å²) in [4.78, 5) is 18.8. The van der Waals surface area contributed by atoms with Gasteiger partial charge in [-0.3, -0.25) is 4.79 Å². The third kappa shape index (κ3) is 3.72. The molecule has 20 heavy (non-hydrogen) atoms. The maximum absolute atomic E-state index is 12.6. The highest BCUT2D eigenvalue weighted by Crippen LogP contribution is 2.23. The van der Waals surface area contributed by atoms with Crippen LogP contribution in [-0.2, 0) is 6.42 Å². The molecule has 1 fully saturated rings. The van der Waals surface area contributed by atoms with Gasteiger partial charge in [0.05, 0.1) is 0 Å². The van der Waals surface area contributed by atoms with Gasteiger partial charge in [0.1, 0.15) is 5.15 Å². The molecule has 2 rings (SSSR count). The van der Waals surface area contributed by atoms with Crippen LogP contribution in [0, 0.1) is 0 Å². The van der Waals surface area contributed by atoms with Crippen LogP contribution in [-0.4, -0.2) is 28.9 Å². The number of pyridine rings is 1. The van der Waals surface area contributed by atoms with Crippen LogP contribution in [0.4, 0.5) is 0 Å². The topological polar surface area (TPSA) is 33.2 Å². The van der Waals surface area contributed by atoms with Crippen LogP contribution in [0.2, 0.25) is 5.15 Å². The highest BCUT2D eigenvalue weighted by Gasteiger charge is 2.23. The second-order valence-electron chi connectivity index (χ2n) is 5.63. The van der Waals surface area contributed by atoms with E-state index in [9.17, 15) is 4.79 Å². The standard InChI is InChI=1S/C16H23ClN2O/c1-3-7-13-10-12(11-15(17)18-13)16(20)19(2)14-8-5-4-6-9-14/h10-11,14H,3-9H2,1-2H3. The molecule has 1 aliphatic carbocycles. The highest BCUT2D eigenvalue weighted by molar-refractivity contribution is 6.29. The Morgan fingerprint density at radius 3 is 2.70 bits per heavy atom. The van der Waals surface area contributed by atoms with E-state index in [2.05, 4.69) is 11.9 Å². The summed E-state index contributed by atoms with van der Waals surface area (Å²) in [7, 11) is 1.91. The smallest absolute Gasteiger partial charge is 0.254 e.